The van der Waals surface area contributed by atoms with Gasteiger partial charge in [-0.25, -0.2) is 31.1 Å². The number of carbonyl (C=O) groups is 2. The van der Waals surface area contributed by atoms with Gasteiger partial charge in [-0.3, -0.25) is 4.79 Å². The fraction of sp³-hybridized carbons (Fsp3) is 0.300. The summed E-state index contributed by atoms with van der Waals surface area (Å²) in [4.78, 5) is 24.9. The number of carboxylic acid groups (broad SMARTS) is 1. The van der Waals surface area contributed by atoms with Crippen LogP contribution in [0.1, 0.15) is 19.8 Å². The van der Waals surface area contributed by atoms with Crippen LogP contribution in [0.2, 0.25) is 5.02 Å². The number of likely N-dealkylation sites (tertiary alicyclic amines) is 1. The number of hydrogen-bond acceptors (Lipinski definition) is 3. The summed E-state index contributed by atoms with van der Waals surface area (Å²) in [5, 5.41) is 8.75. The van der Waals surface area contributed by atoms with Crippen LogP contribution >= 0.6 is 11.6 Å². The Morgan fingerprint density at radius 2 is 1.62 bits per heavy atom. The summed E-state index contributed by atoms with van der Waals surface area (Å²) in [7, 11) is 0. The monoisotopic (exact) mass is 481 g/mol. The molecule has 0 aliphatic carbocycles. The Morgan fingerprint density at radius 3 is 2.19 bits per heavy atom. The lowest BCUT2D eigenvalue weighted by atomic mass is 10.0. The minimum absolute atomic E-state index is 0.149. The zero-order valence-corrected chi connectivity index (χ0v) is 17.0. The van der Waals surface area contributed by atoms with Gasteiger partial charge in [-0.15, -0.1) is 0 Å². The molecule has 2 aromatic carbocycles. The molecule has 3 rings (SSSR count). The van der Waals surface area contributed by atoms with Gasteiger partial charge in [-0.05, 0) is 31.9 Å². The Kier molecular flexibility index (Phi) is 6.59. The maximum Gasteiger partial charge on any atom is 0.326 e. The lowest BCUT2D eigenvalue weighted by molar-refractivity contribution is -0.150. The second-order valence-electron chi connectivity index (χ2n) is 7.00. The summed E-state index contributed by atoms with van der Waals surface area (Å²) in [6.45, 7) is 1.38. The summed E-state index contributed by atoms with van der Waals surface area (Å²) in [6.07, 6.45) is -0.686. The van der Waals surface area contributed by atoms with E-state index >= 15 is 0 Å². The summed E-state index contributed by atoms with van der Waals surface area (Å²) >= 11 is 5.86. The quantitative estimate of drug-likeness (QED) is 0.382. The number of rotatable bonds is 5. The average Bonchev–Trinajstić information content (AvgIpc) is 3.23. The molecule has 5 nitrogen and oxygen atoms in total. The minimum Gasteiger partial charge on any atom is -0.480 e. The molecule has 0 unspecified atom stereocenters. The lowest BCUT2D eigenvalue weighted by Gasteiger charge is -2.25. The number of nitrogens with zero attached hydrogens (tertiary/aromatic N) is 1. The van der Waals surface area contributed by atoms with E-state index in [-0.39, 0.29) is 13.0 Å². The third-order valence-corrected chi connectivity index (χ3v) is 5.27. The summed E-state index contributed by atoms with van der Waals surface area (Å²) in [6, 6.07) is 0.0524. The maximum atomic E-state index is 14.4. The number of hydrogen-bond donors (Lipinski definition) is 1. The third kappa shape index (κ3) is 4.08. The van der Waals surface area contributed by atoms with Gasteiger partial charge in [0.15, 0.2) is 29.4 Å². The van der Waals surface area contributed by atoms with Crippen molar-refractivity contribution < 1.29 is 45.8 Å². The van der Waals surface area contributed by atoms with Crippen molar-refractivity contribution in [1.29, 1.82) is 0 Å². The molecular formula is C20H14ClF6NO4. The van der Waals surface area contributed by atoms with E-state index in [1.807, 2.05) is 0 Å². The predicted octanol–water partition coefficient (Wildman–Crippen LogP) is 4.68. The van der Waals surface area contributed by atoms with Crippen molar-refractivity contribution in [2.45, 2.75) is 31.9 Å². The Labute approximate surface area is 182 Å². The predicted molar refractivity (Wildman–Crippen MR) is 99.1 cm³/mol. The van der Waals surface area contributed by atoms with Gasteiger partial charge in [0, 0.05) is 12.1 Å². The van der Waals surface area contributed by atoms with E-state index < -0.39 is 80.8 Å². The molecule has 1 N–H and O–H groups in total. The highest BCUT2D eigenvalue weighted by atomic mass is 35.5. The van der Waals surface area contributed by atoms with Gasteiger partial charge in [-0.2, -0.15) is 0 Å². The van der Waals surface area contributed by atoms with Gasteiger partial charge < -0.3 is 14.7 Å². The molecule has 1 aliphatic rings. The first-order chi connectivity index (χ1) is 15.0. The van der Waals surface area contributed by atoms with Crippen molar-refractivity contribution in [3.05, 3.63) is 52.1 Å². The molecule has 0 saturated carbocycles. The van der Waals surface area contributed by atoms with Gasteiger partial charge in [0.25, 0.3) is 5.91 Å². The van der Waals surface area contributed by atoms with Crippen LogP contribution in [0.3, 0.4) is 0 Å². The van der Waals surface area contributed by atoms with Crippen molar-refractivity contribution in [2.75, 3.05) is 6.54 Å². The van der Waals surface area contributed by atoms with Crippen LogP contribution in [-0.4, -0.2) is 40.6 Å². The van der Waals surface area contributed by atoms with Gasteiger partial charge in [0.2, 0.25) is 5.82 Å². The van der Waals surface area contributed by atoms with Crippen LogP contribution in [0.4, 0.5) is 26.3 Å². The Hall–Kier alpha value is -2.95. The lowest BCUT2D eigenvalue weighted by Crippen LogP contribution is -2.46. The number of amides is 1. The standard InChI is InChI=1S/C20H14ClF6NO4/c1-7(19(29)28-4-2-3-11(28)20(30)31)32-12-5-8(10(22)6-9(12)21)13-14(23)16(25)18(27)17(26)15(13)24/h5-7,11H,2-4H2,1H3,(H,30,31)/t7-,11-/m0/s1. The van der Waals surface area contributed by atoms with E-state index in [2.05, 4.69) is 0 Å². The van der Waals surface area contributed by atoms with Gasteiger partial charge in [0.1, 0.15) is 17.6 Å². The fourth-order valence-electron chi connectivity index (χ4n) is 3.41. The van der Waals surface area contributed by atoms with Crippen LogP contribution in [0.25, 0.3) is 11.1 Å². The van der Waals surface area contributed by atoms with E-state index in [1.54, 1.807) is 0 Å². The van der Waals surface area contributed by atoms with Crippen molar-refractivity contribution in [3.63, 3.8) is 0 Å². The van der Waals surface area contributed by atoms with Gasteiger partial charge >= 0.3 is 5.97 Å². The fourth-order valence-corrected chi connectivity index (χ4v) is 3.61. The molecule has 0 radical (unpaired) electrons. The molecule has 172 valence electrons. The summed E-state index contributed by atoms with van der Waals surface area (Å²) in [5.41, 5.74) is -2.58. The van der Waals surface area contributed by atoms with E-state index in [9.17, 15) is 41.0 Å². The number of benzene rings is 2. The van der Waals surface area contributed by atoms with Crippen molar-refractivity contribution in [1.82, 2.24) is 4.90 Å². The zero-order valence-electron chi connectivity index (χ0n) is 16.2. The molecular weight excluding hydrogens is 468 g/mol. The molecule has 32 heavy (non-hydrogen) atoms. The number of carboxylic acids is 1. The maximum absolute atomic E-state index is 14.4. The number of aliphatic carboxylic acids is 1. The van der Waals surface area contributed by atoms with Crippen LogP contribution in [0.15, 0.2) is 12.1 Å². The van der Waals surface area contributed by atoms with Crippen LogP contribution < -0.4 is 4.74 Å². The van der Waals surface area contributed by atoms with Crippen LogP contribution in [0, 0.1) is 34.9 Å². The largest absolute Gasteiger partial charge is 0.480 e. The molecule has 1 aliphatic heterocycles. The molecule has 1 fully saturated rings. The normalized spacial score (nSPS) is 16.9. The number of carbonyl (C=O) groups excluding carboxylic acids is 1. The van der Waals surface area contributed by atoms with Crippen molar-refractivity contribution >= 4 is 23.5 Å². The van der Waals surface area contributed by atoms with E-state index in [1.165, 1.54) is 6.92 Å². The summed E-state index contributed by atoms with van der Waals surface area (Å²) < 4.78 is 88.4. The topological polar surface area (TPSA) is 66.8 Å². The number of ether oxygens (including phenoxy) is 1. The molecule has 2 aromatic rings. The first-order valence-electron chi connectivity index (χ1n) is 9.16. The molecule has 12 heteroatoms. The smallest absolute Gasteiger partial charge is 0.326 e. The summed E-state index contributed by atoms with van der Waals surface area (Å²) in [5.74, 6) is -15.3. The number of halogens is 7. The van der Waals surface area contributed by atoms with Crippen molar-refractivity contribution in [3.8, 4) is 16.9 Å². The van der Waals surface area contributed by atoms with Crippen LogP contribution in [-0.2, 0) is 9.59 Å². The second-order valence-corrected chi connectivity index (χ2v) is 7.40. The molecule has 0 spiro atoms. The Morgan fingerprint density at radius 1 is 1.06 bits per heavy atom. The third-order valence-electron chi connectivity index (χ3n) is 4.97. The Bertz CT molecular complexity index is 1080. The van der Waals surface area contributed by atoms with E-state index in [0.29, 0.717) is 18.6 Å². The van der Waals surface area contributed by atoms with E-state index in [4.69, 9.17) is 16.3 Å². The van der Waals surface area contributed by atoms with Gasteiger partial charge in [-0.1, -0.05) is 11.6 Å². The molecule has 1 amide bonds. The highest BCUT2D eigenvalue weighted by Crippen LogP contribution is 2.38. The molecule has 1 saturated heterocycles. The molecule has 1 heterocycles. The first kappa shape index (κ1) is 23.7. The van der Waals surface area contributed by atoms with Gasteiger partial charge in [0.05, 0.1) is 10.6 Å². The first-order valence-corrected chi connectivity index (χ1v) is 9.54. The highest BCUT2D eigenvalue weighted by Gasteiger charge is 2.37. The molecule has 0 aromatic heterocycles. The Balaban J connectivity index is 1.99. The van der Waals surface area contributed by atoms with Crippen LogP contribution in [0.5, 0.6) is 5.75 Å². The van der Waals surface area contributed by atoms with E-state index in [0.717, 1.165) is 4.90 Å². The zero-order chi connectivity index (χ0) is 23.9. The molecule has 2 atom stereocenters. The minimum atomic E-state index is -2.41. The van der Waals surface area contributed by atoms with Crippen molar-refractivity contribution in [2.24, 2.45) is 0 Å². The SMILES string of the molecule is C[C@H](Oc1cc(-c2c(F)c(F)c(F)c(F)c2F)c(F)cc1Cl)C(=O)N1CCC[C@H]1C(=O)O. The second kappa shape index (κ2) is 8.89. The highest BCUT2D eigenvalue weighted by molar-refractivity contribution is 6.32. The average molecular weight is 482 g/mol. The molecule has 0 bridgehead atoms.